The molecule has 5 nitrogen and oxygen atoms in total. The molecule has 1 fully saturated rings. The van der Waals surface area contributed by atoms with Crippen molar-refractivity contribution in [2.24, 2.45) is 0 Å². The van der Waals surface area contributed by atoms with Crippen molar-refractivity contribution in [1.29, 1.82) is 0 Å². The zero-order chi connectivity index (χ0) is 19.3. The molecule has 146 valence electrons. The molecule has 2 heterocycles. The summed E-state index contributed by atoms with van der Waals surface area (Å²) in [5, 5.41) is 0.926. The Labute approximate surface area is 165 Å². The third kappa shape index (κ3) is 4.04. The van der Waals surface area contributed by atoms with Crippen molar-refractivity contribution < 1.29 is 13.9 Å². The van der Waals surface area contributed by atoms with Crippen LogP contribution in [0.25, 0.3) is 11.0 Å². The maximum atomic E-state index is 13.1. The molecular weight excluding hydrogens is 352 g/mol. The molecule has 0 spiro atoms. The summed E-state index contributed by atoms with van der Waals surface area (Å²) in [5.74, 6) is 1.05. The SMILES string of the molecule is CN(CCN1CCCC1)C(=O)c1oc2ccccc2c1COc1ccccc1. The van der Waals surface area contributed by atoms with Gasteiger partial charge in [0.25, 0.3) is 5.91 Å². The number of carbonyl (C=O) groups is 1. The second kappa shape index (κ2) is 8.48. The van der Waals surface area contributed by atoms with Crippen molar-refractivity contribution in [3.05, 3.63) is 65.9 Å². The maximum absolute atomic E-state index is 13.1. The number of hydrogen-bond acceptors (Lipinski definition) is 4. The second-order valence-corrected chi connectivity index (χ2v) is 7.28. The Hall–Kier alpha value is -2.79. The average molecular weight is 378 g/mol. The van der Waals surface area contributed by atoms with E-state index in [1.807, 2.05) is 61.6 Å². The number of fused-ring (bicyclic) bond motifs is 1. The van der Waals surface area contributed by atoms with Crippen LogP contribution in [0, 0.1) is 0 Å². The van der Waals surface area contributed by atoms with Crippen LogP contribution in [0.2, 0.25) is 0 Å². The third-order valence-corrected chi connectivity index (χ3v) is 5.32. The predicted molar refractivity (Wildman–Crippen MR) is 110 cm³/mol. The van der Waals surface area contributed by atoms with Gasteiger partial charge in [-0.15, -0.1) is 0 Å². The Morgan fingerprint density at radius 2 is 1.79 bits per heavy atom. The monoisotopic (exact) mass is 378 g/mol. The van der Waals surface area contributed by atoms with E-state index in [1.54, 1.807) is 4.90 Å². The summed E-state index contributed by atoms with van der Waals surface area (Å²) in [6.07, 6.45) is 2.50. The van der Waals surface area contributed by atoms with E-state index in [0.29, 0.717) is 24.5 Å². The minimum Gasteiger partial charge on any atom is -0.489 e. The number of likely N-dealkylation sites (N-methyl/N-ethyl adjacent to an activating group) is 1. The number of furan rings is 1. The van der Waals surface area contributed by atoms with Gasteiger partial charge in [0, 0.05) is 31.1 Å². The van der Waals surface area contributed by atoms with E-state index in [2.05, 4.69) is 4.90 Å². The summed E-state index contributed by atoms with van der Waals surface area (Å²) in [5.41, 5.74) is 1.52. The molecule has 0 radical (unpaired) electrons. The summed E-state index contributed by atoms with van der Waals surface area (Å²) in [7, 11) is 1.84. The van der Waals surface area contributed by atoms with Gasteiger partial charge < -0.3 is 19.0 Å². The highest BCUT2D eigenvalue weighted by Gasteiger charge is 2.24. The van der Waals surface area contributed by atoms with Crippen molar-refractivity contribution in [1.82, 2.24) is 9.80 Å². The van der Waals surface area contributed by atoms with E-state index in [4.69, 9.17) is 9.15 Å². The third-order valence-electron chi connectivity index (χ3n) is 5.32. The number of benzene rings is 2. The van der Waals surface area contributed by atoms with E-state index >= 15 is 0 Å². The van der Waals surface area contributed by atoms with Gasteiger partial charge in [-0.2, -0.15) is 0 Å². The lowest BCUT2D eigenvalue weighted by molar-refractivity contribution is 0.0749. The lowest BCUT2D eigenvalue weighted by Gasteiger charge is -2.21. The van der Waals surface area contributed by atoms with Crippen molar-refractivity contribution in [2.45, 2.75) is 19.4 Å². The number of amides is 1. The topological polar surface area (TPSA) is 45.9 Å². The minimum absolute atomic E-state index is 0.0953. The molecule has 1 saturated heterocycles. The summed E-state index contributed by atoms with van der Waals surface area (Å²) in [4.78, 5) is 17.3. The van der Waals surface area contributed by atoms with Crippen molar-refractivity contribution in [3.8, 4) is 5.75 Å². The van der Waals surface area contributed by atoms with Crippen LogP contribution in [0.15, 0.2) is 59.0 Å². The van der Waals surface area contributed by atoms with Crippen LogP contribution in [-0.4, -0.2) is 48.9 Å². The zero-order valence-electron chi connectivity index (χ0n) is 16.3. The first-order valence-electron chi connectivity index (χ1n) is 9.88. The Morgan fingerprint density at radius 1 is 1.07 bits per heavy atom. The first-order valence-corrected chi connectivity index (χ1v) is 9.88. The smallest absolute Gasteiger partial charge is 0.289 e. The molecule has 3 aromatic rings. The van der Waals surface area contributed by atoms with E-state index in [-0.39, 0.29) is 5.91 Å². The van der Waals surface area contributed by atoms with E-state index in [0.717, 1.165) is 36.3 Å². The normalized spacial score (nSPS) is 14.5. The highest BCUT2D eigenvalue weighted by molar-refractivity contribution is 5.99. The van der Waals surface area contributed by atoms with E-state index < -0.39 is 0 Å². The number of carbonyl (C=O) groups excluding carboxylic acids is 1. The zero-order valence-corrected chi connectivity index (χ0v) is 16.3. The maximum Gasteiger partial charge on any atom is 0.289 e. The molecular formula is C23H26N2O3. The number of para-hydroxylation sites is 2. The van der Waals surface area contributed by atoms with Crippen molar-refractivity contribution in [2.75, 3.05) is 33.2 Å². The minimum atomic E-state index is -0.0953. The Morgan fingerprint density at radius 3 is 2.57 bits per heavy atom. The molecule has 0 saturated carbocycles. The van der Waals surface area contributed by atoms with Crippen LogP contribution in [-0.2, 0) is 6.61 Å². The standard InChI is InChI=1S/C23H26N2O3/c1-24(15-16-25-13-7-8-14-25)23(26)22-20(17-27-18-9-3-2-4-10-18)19-11-5-6-12-21(19)28-22/h2-6,9-12H,7-8,13-17H2,1H3. The molecule has 0 unspecified atom stereocenters. The molecule has 0 bridgehead atoms. The molecule has 4 rings (SSSR count). The van der Waals surface area contributed by atoms with Crippen LogP contribution in [0.4, 0.5) is 0 Å². The molecule has 1 aliphatic heterocycles. The largest absolute Gasteiger partial charge is 0.489 e. The number of ether oxygens (including phenoxy) is 1. The fraction of sp³-hybridized carbons (Fsp3) is 0.348. The Balaban J connectivity index is 1.53. The van der Waals surface area contributed by atoms with Crippen LogP contribution >= 0.6 is 0 Å². The number of hydrogen-bond donors (Lipinski definition) is 0. The molecule has 0 atom stereocenters. The van der Waals surface area contributed by atoms with Gasteiger partial charge in [-0.05, 0) is 44.1 Å². The van der Waals surface area contributed by atoms with Crippen molar-refractivity contribution in [3.63, 3.8) is 0 Å². The summed E-state index contributed by atoms with van der Waals surface area (Å²) in [6.45, 7) is 4.14. The van der Waals surface area contributed by atoms with Gasteiger partial charge in [0.2, 0.25) is 0 Å². The summed E-state index contributed by atoms with van der Waals surface area (Å²) in [6, 6.07) is 17.4. The first kappa shape index (κ1) is 18.6. The molecule has 28 heavy (non-hydrogen) atoms. The van der Waals surface area contributed by atoms with Gasteiger partial charge in [-0.3, -0.25) is 4.79 Å². The van der Waals surface area contributed by atoms with Crippen LogP contribution < -0.4 is 4.74 Å². The highest BCUT2D eigenvalue weighted by Crippen LogP contribution is 2.28. The first-order chi connectivity index (χ1) is 13.7. The van der Waals surface area contributed by atoms with E-state index in [9.17, 15) is 4.79 Å². The number of likely N-dealkylation sites (tertiary alicyclic amines) is 1. The number of rotatable bonds is 7. The van der Waals surface area contributed by atoms with Crippen LogP contribution in [0.5, 0.6) is 5.75 Å². The van der Waals surface area contributed by atoms with Gasteiger partial charge in [0.05, 0.1) is 0 Å². The fourth-order valence-electron chi connectivity index (χ4n) is 3.66. The van der Waals surface area contributed by atoms with Crippen LogP contribution in [0.1, 0.15) is 29.0 Å². The molecule has 1 aliphatic rings. The lowest BCUT2D eigenvalue weighted by Crippen LogP contribution is -2.35. The molecule has 1 aromatic heterocycles. The summed E-state index contributed by atoms with van der Waals surface area (Å²) >= 11 is 0. The Bertz CT molecular complexity index is 929. The summed E-state index contributed by atoms with van der Waals surface area (Å²) < 4.78 is 11.9. The lowest BCUT2D eigenvalue weighted by atomic mass is 10.1. The predicted octanol–water partition coefficient (Wildman–Crippen LogP) is 4.18. The van der Waals surface area contributed by atoms with Gasteiger partial charge >= 0.3 is 0 Å². The quantitative estimate of drug-likeness (QED) is 0.619. The van der Waals surface area contributed by atoms with Gasteiger partial charge in [0.1, 0.15) is 17.9 Å². The number of nitrogens with zero attached hydrogens (tertiary/aromatic N) is 2. The molecule has 0 aliphatic carbocycles. The molecule has 0 N–H and O–H groups in total. The van der Waals surface area contributed by atoms with Gasteiger partial charge in [-0.1, -0.05) is 36.4 Å². The van der Waals surface area contributed by atoms with Crippen LogP contribution in [0.3, 0.4) is 0 Å². The van der Waals surface area contributed by atoms with Gasteiger partial charge in [0.15, 0.2) is 5.76 Å². The van der Waals surface area contributed by atoms with Crippen molar-refractivity contribution >= 4 is 16.9 Å². The molecule has 2 aromatic carbocycles. The Kier molecular flexibility index (Phi) is 5.63. The molecule has 1 amide bonds. The van der Waals surface area contributed by atoms with Gasteiger partial charge in [-0.25, -0.2) is 0 Å². The second-order valence-electron chi connectivity index (χ2n) is 7.28. The van der Waals surface area contributed by atoms with E-state index in [1.165, 1.54) is 12.8 Å². The highest BCUT2D eigenvalue weighted by atomic mass is 16.5. The fourth-order valence-corrected chi connectivity index (χ4v) is 3.66. The average Bonchev–Trinajstić information content (AvgIpc) is 3.38. The molecule has 5 heteroatoms.